The predicted octanol–water partition coefficient (Wildman–Crippen LogP) is 2.95. The van der Waals surface area contributed by atoms with Crippen molar-refractivity contribution in [3.8, 4) is 0 Å². The molecule has 0 N–H and O–H groups in total. The fraction of sp³-hybridized carbons (Fsp3) is 0.294. The Labute approximate surface area is 129 Å². The van der Waals surface area contributed by atoms with E-state index < -0.39 is 0 Å². The molecule has 1 heterocycles. The molecule has 0 aliphatic carbocycles. The van der Waals surface area contributed by atoms with Gasteiger partial charge in [0.1, 0.15) is 5.60 Å². The van der Waals surface area contributed by atoms with E-state index in [1.54, 1.807) is 19.2 Å². The summed E-state index contributed by atoms with van der Waals surface area (Å²) in [6.07, 6.45) is 0. The number of nitrogens with zero attached hydrogens (tertiary/aromatic N) is 2. The topological polar surface area (TPSA) is 55.6 Å². The molecular formula is C17H18N2O3. The van der Waals surface area contributed by atoms with Gasteiger partial charge in [-0.05, 0) is 11.1 Å². The summed E-state index contributed by atoms with van der Waals surface area (Å²) < 4.78 is 5.75. The molecule has 0 atom stereocenters. The quantitative estimate of drug-likeness (QED) is 0.629. The molecule has 0 unspecified atom stereocenters. The van der Waals surface area contributed by atoms with Crippen LogP contribution in [-0.4, -0.2) is 30.0 Å². The molecule has 1 fully saturated rings. The molecule has 2 aromatic carbocycles. The average molecular weight is 298 g/mol. The zero-order chi connectivity index (χ0) is 15.6. The number of hydrogen-bond acceptors (Lipinski definition) is 4. The molecule has 22 heavy (non-hydrogen) atoms. The van der Waals surface area contributed by atoms with Gasteiger partial charge >= 0.3 is 0 Å². The van der Waals surface area contributed by atoms with Gasteiger partial charge in [0.15, 0.2) is 0 Å². The van der Waals surface area contributed by atoms with Crippen molar-refractivity contribution in [2.75, 3.05) is 20.2 Å². The van der Waals surface area contributed by atoms with Gasteiger partial charge in [-0.3, -0.25) is 15.0 Å². The Morgan fingerprint density at radius 2 is 1.77 bits per heavy atom. The molecule has 1 aliphatic rings. The summed E-state index contributed by atoms with van der Waals surface area (Å²) in [6, 6.07) is 17.0. The summed E-state index contributed by atoms with van der Waals surface area (Å²) in [5.41, 5.74) is 2.16. The molecule has 2 aromatic rings. The van der Waals surface area contributed by atoms with Crippen LogP contribution in [-0.2, 0) is 16.9 Å². The third-order valence-electron chi connectivity index (χ3n) is 4.20. The molecular weight excluding hydrogens is 280 g/mol. The van der Waals surface area contributed by atoms with Crippen LogP contribution in [0.25, 0.3) is 0 Å². The fourth-order valence-electron chi connectivity index (χ4n) is 2.94. The summed E-state index contributed by atoms with van der Waals surface area (Å²) in [4.78, 5) is 12.6. The van der Waals surface area contributed by atoms with Crippen LogP contribution >= 0.6 is 0 Å². The van der Waals surface area contributed by atoms with Gasteiger partial charge in [-0.2, -0.15) is 0 Å². The van der Waals surface area contributed by atoms with Crippen LogP contribution in [0.15, 0.2) is 54.6 Å². The number of hydrogen-bond donors (Lipinski definition) is 0. The summed E-state index contributed by atoms with van der Waals surface area (Å²) in [6.45, 7) is 2.42. The van der Waals surface area contributed by atoms with Crippen LogP contribution in [0.2, 0.25) is 0 Å². The van der Waals surface area contributed by atoms with Gasteiger partial charge in [0.2, 0.25) is 0 Å². The number of nitro groups is 1. The van der Waals surface area contributed by atoms with Crippen molar-refractivity contribution in [1.82, 2.24) is 4.90 Å². The number of ether oxygens (including phenoxy) is 1. The summed E-state index contributed by atoms with van der Waals surface area (Å²) in [7, 11) is 1.75. The second kappa shape index (κ2) is 5.87. The zero-order valence-corrected chi connectivity index (χ0v) is 12.4. The molecule has 0 saturated carbocycles. The molecule has 0 spiro atoms. The highest BCUT2D eigenvalue weighted by Gasteiger charge is 2.44. The zero-order valence-electron chi connectivity index (χ0n) is 12.4. The summed E-state index contributed by atoms with van der Waals surface area (Å²) >= 11 is 0. The van der Waals surface area contributed by atoms with Crippen molar-refractivity contribution >= 4 is 5.69 Å². The van der Waals surface area contributed by atoms with E-state index in [2.05, 4.69) is 17.0 Å². The van der Waals surface area contributed by atoms with Gasteiger partial charge in [0.25, 0.3) is 5.69 Å². The van der Waals surface area contributed by atoms with Crippen LogP contribution in [0.3, 0.4) is 0 Å². The number of benzene rings is 2. The third kappa shape index (κ3) is 2.73. The van der Waals surface area contributed by atoms with Crippen LogP contribution in [0, 0.1) is 10.1 Å². The third-order valence-corrected chi connectivity index (χ3v) is 4.20. The van der Waals surface area contributed by atoms with Crippen molar-refractivity contribution < 1.29 is 9.66 Å². The normalized spacial score (nSPS) is 17.0. The van der Waals surface area contributed by atoms with E-state index >= 15 is 0 Å². The molecule has 0 bridgehead atoms. The molecule has 0 radical (unpaired) electrons. The smallest absolute Gasteiger partial charge is 0.269 e. The monoisotopic (exact) mass is 298 g/mol. The van der Waals surface area contributed by atoms with Crippen molar-refractivity contribution in [2.24, 2.45) is 0 Å². The average Bonchev–Trinajstić information content (AvgIpc) is 2.52. The van der Waals surface area contributed by atoms with Gasteiger partial charge in [0.05, 0.1) is 4.92 Å². The molecule has 5 heteroatoms. The van der Waals surface area contributed by atoms with Gasteiger partial charge < -0.3 is 4.74 Å². The van der Waals surface area contributed by atoms with Crippen molar-refractivity contribution in [3.63, 3.8) is 0 Å². The van der Waals surface area contributed by atoms with E-state index in [0.29, 0.717) is 0 Å². The van der Waals surface area contributed by atoms with Crippen LogP contribution in [0.1, 0.15) is 11.1 Å². The Morgan fingerprint density at radius 1 is 1.14 bits per heavy atom. The van der Waals surface area contributed by atoms with Crippen molar-refractivity contribution in [2.45, 2.75) is 12.1 Å². The molecule has 114 valence electrons. The predicted molar refractivity (Wildman–Crippen MR) is 83.5 cm³/mol. The number of non-ortho nitro benzene ring substituents is 1. The first-order valence-corrected chi connectivity index (χ1v) is 7.19. The van der Waals surface area contributed by atoms with E-state index in [9.17, 15) is 10.1 Å². The fourth-order valence-corrected chi connectivity index (χ4v) is 2.94. The van der Waals surface area contributed by atoms with Crippen LogP contribution < -0.4 is 0 Å². The van der Waals surface area contributed by atoms with Crippen LogP contribution in [0.4, 0.5) is 5.69 Å². The lowest BCUT2D eigenvalue weighted by Crippen LogP contribution is -2.59. The minimum absolute atomic E-state index is 0.128. The highest BCUT2D eigenvalue weighted by atomic mass is 16.6. The molecule has 0 aromatic heterocycles. The minimum atomic E-state index is -0.376. The highest BCUT2D eigenvalue weighted by molar-refractivity contribution is 5.33. The van der Waals surface area contributed by atoms with E-state index in [1.807, 2.05) is 30.3 Å². The SMILES string of the molecule is COC1(c2ccccc2)CN(Cc2ccc([N+](=O)[O-])cc2)C1. The minimum Gasteiger partial charge on any atom is -0.371 e. The van der Waals surface area contributed by atoms with Gasteiger partial charge in [-0.1, -0.05) is 42.5 Å². The number of methoxy groups -OCH3 is 1. The second-order valence-corrected chi connectivity index (χ2v) is 5.63. The Balaban J connectivity index is 1.64. The molecule has 1 saturated heterocycles. The molecule has 3 rings (SSSR count). The molecule has 5 nitrogen and oxygen atoms in total. The Kier molecular flexibility index (Phi) is 3.92. The largest absolute Gasteiger partial charge is 0.371 e. The van der Waals surface area contributed by atoms with E-state index in [4.69, 9.17) is 4.74 Å². The Bertz CT molecular complexity index is 649. The van der Waals surface area contributed by atoms with Crippen molar-refractivity contribution in [3.05, 3.63) is 75.8 Å². The number of nitro benzene ring substituents is 1. The van der Waals surface area contributed by atoms with Crippen molar-refractivity contribution in [1.29, 1.82) is 0 Å². The first-order valence-electron chi connectivity index (χ1n) is 7.19. The summed E-state index contributed by atoms with van der Waals surface area (Å²) in [5.74, 6) is 0. The number of likely N-dealkylation sites (tertiary alicyclic amines) is 1. The van der Waals surface area contributed by atoms with E-state index in [1.165, 1.54) is 5.56 Å². The lowest BCUT2D eigenvalue weighted by molar-refractivity contribution is -0.384. The maximum Gasteiger partial charge on any atom is 0.269 e. The number of rotatable bonds is 5. The molecule has 1 aliphatic heterocycles. The Hall–Kier alpha value is -2.24. The van der Waals surface area contributed by atoms with Gasteiger partial charge in [0, 0.05) is 38.9 Å². The maximum absolute atomic E-state index is 10.7. The lowest BCUT2D eigenvalue weighted by Gasteiger charge is -2.49. The van der Waals surface area contributed by atoms with Gasteiger partial charge in [-0.15, -0.1) is 0 Å². The maximum atomic E-state index is 10.7. The van der Waals surface area contributed by atoms with Crippen LogP contribution in [0.5, 0.6) is 0 Å². The Morgan fingerprint density at radius 3 is 2.32 bits per heavy atom. The summed E-state index contributed by atoms with van der Waals surface area (Å²) in [5, 5.41) is 10.7. The first kappa shape index (κ1) is 14.7. The molecule has 0 amide bonds. The van der Waals surface area contributed by atoms with E-state index in [-0.39, 0.29) is 16.2 Å². The highest BCUT2D eigenvalue weighted by Crippen LogP contribution is 2.36. The second-order valence-electron chi connectivity index (χ2n) is 5.63. The first-order chi connectivity index (χ1) is 10.6. The van der Waals surface area contributed by atoms with Gasteiger partial charge in [-0.25, -0.2) is 0 Å². The van der Waals surface area contributed by atoms with E-state index in [0.717, 1.165) is 25.2 Å². The standard InChI is InChI=1S/C17H18N2O3/c1-22-17(15-5-3-2-4-6-15)12-18(13-17)11-14-7-9-16(10-8-14)19(20)21/h2-10H,11-13H2,1H3. The lowest BCUT2D eigenvalue weighted by atomic mass is 9.85.